The Bertz CT molecular complexity index is 972. The maximum Gasteiger partial charge on any atom is 0.329 e. The molecular formula is C19H19N5O3. The Hall–Kier alpha value is -3.42. The normalized spacial score (nSPS) is 16.8. The van der Waals surface area contributed by atoms with Crippen molar-refractivity contribution in [3.05, 3.63) is 65.3 Å². The van der Waals surface area contributed by atoms with Crippen molar-refractivity contribution < 1.29 is 14.1 Å². The molecule has 8 nitrogen and oxygen atoms in total. The number of amides is 3. The van der Waals surface area contributed by atoms with Gasteiger partial charge in [0.2, 0.25) is 0 Å². The number of aromatic nitrogens is 3. The van der Waals surface area contributed by atoms with Crippen LogP contribution in [-0.2, 0) is 17.8 Å². The fraction of sp³-hybridized carbons (Fsp3) is 0.263. The number of rotatable bonds is 5. The summed E-state index contributed by atoms with van der Waals surface area (Å²) in [4.78, 5) is 26.2. The van der Waals surface area contributed by atoms with Crippen molar-refractivity contribution in [1.29, 1.82) is 0 Å². The Balaban J connectivity index is 1.51. The zero-order chi connectivity index (χ0) is 19.0. The van der Waals surface area contributed by atoms with E-state index in [4.69, 9.17) is 4.52 Å². The fourth-order valence-electron chi connectivity index (χ4n) is 3.21. The van der Waals surface area contributed by atoms with E-state index in [2.05, 4.69) is 15.6 Å². The minimum absolute atomic E-state index is 0.277. The fourth-order valence-corrected chi connectivity index (χ4v) is 3.21. The molecule has 4 rings (SSSR count). The van der Waals surface area contributed by atoms with Crippen LogP contribution in [0.3, 0.4) is 0 Å². The molecule has 1 aliphatic heterocycles. The van der Waals surface area contributed by atoms with E-state index >= 15 is 0 Å². The van der Waals surface area contributed by atoms with Crippen LogP contribution in [0, 0.1) is 13.8 Å². The molecule has 3 amide bonds. The van der Waals surface area contributed by atoms with Crippen LogP contribution in [0.2, 0.25) is 0 Å². The lowest BCUT2D eigenvalue weighted by molar-refractivity contribution is -0.118. The molecule has 1 fully saturated rings. The van der Waals surface area contributed by atoms with Crippen LogP contribution < -0.4 is 10.2 Å². The van der Waals surface area contributed by atoms with Crippen LogP contribution in [0.15, 0.2) is 47.2 Å². The second-order valence-corrected chi connectivity index (χ2v) is 6.56. The lowest BCUT2D eigenvalue weighted by Gasteiger charge is -2.10. The number of hydrogen-bond acceptors (Lipinski definition) is 5. The molecule has 0 radical (unpaired) electrons. The summed E-state index contributed by atoms with van der Waals surface area (Å²) in [5.41, 5.74) is 3.16. The number of carbonyl (C=O) groups excluding carboxylic acids is 2. The number of imide groups is 1. The molecule has 1 aromatic carbocycles. The highest BCUT2D eigenvalue weighted by atomic mass is 16.5. The summed E-state index contributed by atoms with van der Waals surface area (Å²) in [5, 5.41) is 10.9. The Morgan fingerprint density at radius 1 is 1.19 bits per heavy atom. The van der Waals surface area contributed by atoms with E-state index in [0.717, 1.165) is 27.5 Å². The third kappa shape index (κ3) is 3.21. The van der Waals surface area contributed by atoms with Crippen molar-refractivity contribution in [2.24, 2.45) is 0 Å². The van der Waals surface area contributed by atoms with Crippen LogP contribution in [0.5, 0.6) is 0 Å². The summed E-state index contributed by atoms with van der Waals surface area (Å²) in [6, 6.07) is 8.59. The van der Waals surface area contributed by atoms with Crippen LogP contribution in [0.25, 0.3) is 0 Å². The van der Waals surface area contributed by atoms with Crippen molar-refractivity contribution >= 4 is 17.6 Å². The number of hydrogen-bond donors (Lipinski definition) is 1. The lowest BCUT2D eigenvalue weighted by Crippen LogP contribution is -2.32. The topological polar surface area (TPSA) is 93.3 Å². The number of benzene rings is 1. The van der Waals surface area contributed by atoms with E-state index in [-0.39, 0.29) is 5.91 Å². The van der Waals surface area contributed by atoms with E-state index in [1.165, 1.54) is 6.20 Å². The molecule has 0 saturated carbocycles. The first-order valence-corrected chi connectivity index (χ1v) is 8.65. The highest BCUT2D eigenvalue weighted by molar-refractivity contribution is 6.21. The summed E-state index contributed by atoms with van der Waals surface area (Å²) >= 11 is 0. The minimum Gasteiger partial charge on any atom is -0.361 e. The van der Waals surface area contributed by atoms with Crippen molar-refractivity contribution in [2.45, 2.75) is 32.9 Å². The van der Waals surface area contributed by atoms with Gasteiger partial charge in [-0.25, -0.2) is 9.69 Å². The average molecular weight is 365 g/mol. The molecule has 0 bridgehead atoms. The van der Waals surface area contributed by atoms with Gasteiger partial charge in [-0.3, -0.25) is 9.48 Å². The van der Waals surface area contributed by atoms with E-state index in [9.17, 15) is 9.59 Å². The Morgan fingerprint density at radius 2 is 1.96 bits per heavy atom. The largest absolute Gasteiger partial charge is 0.361 e. The summed E-state index contributed by atoms with van der Waals surface area (Å²) in [5.74, 6) is 0.447. The third-order valence-electron chi connectivity index (χ3n) is 4.68. The van der Waals surface area contributed by atoms with E-state index in [1.54, 1.807) is 10.9 Å². The van der Waals surface area contributed by atoms with E-state index in [1.807, 2.05) is 44.2 Å². The zero-order valence-corrected chi connectivity index (χ0v) is 15.0. The van der Waals surface area contributed by atoms with Gasteiger partial charge >= 0.3 is 6.03 Å². The highest BCUT2D eigenvalue weighted by Gasteiger charge is 2.39. The predicted molar refractivity (Wildman–Crippen MR) is 97.3 cm³/mol. The number of nitrogens with one attached hydrogen (secondary N) is 1. The molecule has 2 aromatic heterocycles. The molecule has 0 unspecified atom stereocenters. The molecule has 3 heterocycles. The van der Waals surface area contributed by atoms with Gasteiger partial charge in [0, 0.05) is 18.2 Å². The number of carbonyl (C=O) groups is 2. The second-order valence-electron chi connectivity index (χ2n) is 6.56. The standard InChI is InChI=1S/C19H19N5O3/c1-12-16(13(2)27-22-12)11-23-10-15(9-20-23)24-18(25)17(21-19(24)26)8-14-6-4-3-5-7-14/h3-7,9-10,17H,8,11H2,1-2H3,(H,21,26)/t17-/m1/s1. The quantitative estimate of drug-likeness (QED) is 0.700. The highest BCUT2D eigenvalue weighted by Crippen LogP contribution is 2.22. The SMILES string of the molecule is Cc1noc(C)c1Cn1cc(N2C(=O)N[C@H](Cc3ccccc3)C2=O)cn1. The third-order valence-corrected chi connectivity index (χ3v) is 4.68. The summed E-state index contributed by atoms with van der Waals surface area (Å²) in [6.45, 7) is 4.16. The maximum atomic E-state index is 12.7. The molecule has 138 valence electrons. The minimum atomic E-state index is -0.578. The average Bonchev–Trinajstić information content (AvgIpc) is 3.31. The van der Waals surface area contributed by atoms with Crippen LogP contribution in [0.1, 0.15) is 22.6 Å². The van der Waals surface area contributed by atoms with Crippen molar-refractivity contribution in [1.82, 2.24) is 20.3 Å². The number of nitrogens with zero attached hydrogens (tertiary/aromatic N) is 4. The smallest absolute Gasteiger partial charge is 0.329 e. The number of aryl methyl sites for hydroxylation is 2. The van der Waals surface area contributed by atoms with Crippen LogP contribution >= 0.6 is 0 Å². The van der Waals surface area contributed by atoms with Crippen molar-refractivity contribution in [2.75, 3.05) is 4.90 Å². The molecule has 0 spiro atoms. The van der Waals surface area contributed by atoms with Gasteiger partial charge in [-0.1, -0.05) is 35.5 Å². The molecule has 3 aromatic rings. The van der Waals surface area contributed by atoms with Crippen LogP contribution in [0.4, 0.5) is 10.5 Å². The molecule has 8 heteroatoms. The molecule has 27 heavy (non-hydrogen) atoms. The van der Waals surface area contributed by atoms with Gasteiger partial charge < -0.3 is 9.84 Å². The Kier molecular flexibility index (Phi) is 4.23. The lowest BCUT2D eigenvalue weighted by atomic mass is 10.1. The van der Waals surface area contributed by atoms with Gasteiger partial charge in [0.05, 0.1) is 24.1 Å². The first kappa shape index (κ1) is 17.0. The van der Waals surface area contributed by atoms with Crippen molar-refractivity contribution in [3.8, 4) is 0 Å². The van der Waals surface area contributed by atoms with Gasteiger partial charge in [0.15, 0.2) is 0 Å². The van der Waals surface area contributed by atoms with Crippen molar-refractivity contribution in [3.63, 3.8) is 0 Å². The van der Waals surface area contributed by atoms with Gasteiger partial charge in [0.25, 0.3) is 5.91 Å². The van der Waals surface area contributed by atoms with Crippen LogP contribution in [-0.4, -0.2) is 32.9 Å². The zero-order valence-electron chi connectivity index (χ0n) is 15.0. The first-order chi connectivity index (χ1) is 13.0. The van der Waals surface area contributed by atoms with Gasteiger partial charge in [-0.2, -0.15) is 5.10 Å². The number of urea groups is 1. The van der Waals surface area contributed by atoms with Gasteiger partial charge in [-0.15, -0.1) is 0 Å². The van der Waals surface area contributed by atoms with Gasteiger partial charge in [0.1, 0.15) is 11.8 Å². The van der Waals surface area contributed by atoms with Gasteiger partial charge in [-0.05, 0) is 19.4 Å². The molecule has 1 aliphatic rings. The monoisotopic (exact) mass is 365 g/mol. The maximum absolute atomic E-state index is 12.7. The summed E-state index contributed by atoms with van der Waals surface area (Å²) < 4.78 is 6.82. The summed E-state index contributed by atoms with van der Waals surface area (Å²) in [7, 11) is 0. The van der Waals surface area contributed by atoms with E-state index < -0.39 is 12.1 Å². The Labute approximate surface area is 155 Å². The molecular weight excluding hydrogens is 346 g/mol. The second kappa shape index (κ2) is 6.71. The number of anilines is 1. The van der Waals surface area contributed by atoms with E-state index in [0.29, 0.717) is 18.7 Å². The molecule has 1 N–H and O–H groups in total. The predicted octanol–water partition coefficient (Wildman–Crippen LogP) is 2.20. The molecule has 0 aliphatic carbocycles. The molecule has 1 saturated heterocycles. The Morgan fingerprint density at radius 3 is 2.67 bits per heavy atom. The summed E-state index contributed by atoms with van der Waals surface area (Å²) in [6.07, 6.45) is 3.64. The first-order valence-electron chi connectivity index (χ1n) is 8.65. The molecule has 1 atom stereocenters.